The monoisotopic (exact) mass is 284 g/mol. The van der Waals surface area contributed by atoms with Crippen LogP contribution in [0.3, 0.4) is 0 Å². The van der Waals surface area contributed by atoms with Crippen molar-refractivity contribution < 1.29 is 4.39 Å². The average molecular weight is 285 g/mol. The van der Waals surface area contributed by atoms with Crippen LogP contribution in [0.1, 0.15) is 17.2 Å². The van der Waals surface area contributed by atoms with Crippen LogP contribution >= 0.6 is 23.2 Å². The van der Waals surface area contributed by atoms with Gasteiger partial charge < -0.3 is 0 Å². The highest BCUT2D eigenvalue weighted by atomic mass is 35.5. The van der Waals surface area contributed by atoms with Crippen LogP contribution in [-0.4, -0.2) is 0 Å². The Balaban J connectivity index is 2.49. The standard InChI is InChI=1S/C13H11Cl2FN2/c14-9-4-1-3-8(7-9)13(18-17)10-5-2-6-11(15)12(10)16/h1-7,13,18H,17H2. The van der Waals surface area contributed by atoms with E-state index < -0.39 is 11.9 Å². The molecule has 94 valence electrons. The van der Waals surface area contributed by atoms with Crippen LogP contribution in [0.25, 0.3) is 0 Å². The minimum atomic E-state index is -0.498. The van der Waals surface area contributed by atoms with Gasteiger partial charge >= 0.3 is 0 Å². The second-order valence-corrected chi connectivity index (χ2v) is 4.64. The fourth-order valence-corrected chi connectivity index (χ4v) is 2.18. The Morgan fingerprint density at radius 3 is 2.50 bits per heavy atom. The van der Waals surface area contributed by atoms with Gasteiger partial charge in [0.25, 0.3) is 0 Å². The van der Waals surface area contributed by atoms with Gasteiger partial charge in [0.05, 0.1) is 11.1 Å². The maximum atomic E-state index is 14.0. The maximum Gasteiger partial charge on any atom is 0.146 e. The summed E-state index contributed by atoms with van der Waals surface area (Å²) in [5.74, 6) is 5.02. The molecule has 1 atom stereocenters. The number of nitrogens with one attached hydrogen (secondary N) is 1. The van der Waals surface area contributed by atoms with Crippen LogP contribution in [0.15, 0.2) is 42.5 Å². The molecule has 18 heavy (non-hydrogen) atoms. The van der Waals surface area contributed by atoms with Gasteiger partial charge in [-0.05, 0) is 23.8 Å². The first-order valence-corrected chi connectivity index (χ1v) is 6.04. The second kappa shape index (κ2) is 5.67. The number of hydrazine groups is 1. The molecule has 5 heteroatoms. The number of halogens is 3. The molecule has 0 saturated carbocycles. The Bertz CT molecular complexity index is 560. The number of hydrogen-bond acceptors (Lipinski definition) is 2. The molecule has 2 aromatic rings. The number of nitrogens with two attached hydrogens (primary N) is 1. The zero-order valence-corrected chi connectivity index (χ0v) is 10.8. The fourth-order valence-electron chi connectivity index (χ4n) is 1.80. The lowest BCUT2D eigenvalue weighted by atomic mass is 9.99. The van der Waals surface area contributed by atoms with Gasteiger partial charge in [0.1, 0.15) is 5.82 Å². The molecular formula is C13H11Cl2FN2. The van der Waals surface area contributed by atoms with E-state index in [0.717, 1.165) is 5.56 Å². The molecule has 0 aliphatic rings. The van der Waals surface area contributed by atoms with Gasteiger partial charge in [-0.2, -0.15) is 0 Å². The lowest BCUT2D eigenvalue weighted by Crippen LogP contribution is -2.29. The third kappa shape index (κ3) is 2.65. The summed E-state index contributed by atoms with van der Waals surface area (Å²) < 4.78 is 14.0. The molecule has 3 N–H and O–H groups in total. The Morgan fingerprint density at radius 1 is 1.11 bits per heavy atom. The SMILES string of the molecule is NNC(c1cccc(Cl)c1)c1cccc(Cl)c1F. The number of hydrogen-bond donors (Lipinski definition) is 2. The van der Waals surface area contributed by atoms with Gasteiger partial charge in [-0.15, -0.1) is 0 Å². The predicted molar refractivity (Wildman–Crippen MR) is 72.0 cm³/mol. The molecule has 0 saturated heterocycles. The summed E-state index contributed by atoms with van der Waals surface area (Å²) in [6.07, 6.45) is 0. The molecule has 1 unspecified atom stereocenters. The van der Waals surface area contributed by atoms with Gasteiger partial charge in [-0.3, -0.25) is 5.84 Å². The van der Waals surface area contributed by atoms with E-state index in [1.54, 1.807) is 30.3 Å². The molecule has 2 rings (SSSR count). The van der Waals surface area contributed by atoms with Crippen LogP contribution in [0.2, 0.25) is 10.0 Å². The smallest absolute Gasteiger partial charge is 0.146 e. The third-order valence-electron chi connectivity index (χ3n) is 2.64. The Morgan fingerprint density at radius 2 is 1.83 bits per heavy atom. The first-order chi connectivity index (χ1) is 8.63. The van der Waals surface area contributed by atoms with Crippen LogP contribution < -0.4 is 11.3 Å². The first kappa shape index (κ1) is 13.3. The molecule has 2 aromatic carbocycles. The van der Waals surface area contributed by atoms with Gasteiger partial charge in [0.2, 0.25) is 0 Å². The molecule has 0 amide bonds. The maximum absolute atomic E-state index is 14.0. The topological polar surface area (TPSA) is 38.0 Å². The molecule has 0 radical (unpaired) electrons. The lowest BCUT2D eigenvalue weighted by molar-refractivity contribution is 0.560. The van der Waals surface area contributed by atoms with E-state index in [4.69, 9.17) is 29.0 Å². The zero-order chi connectivity index (χ0) is 13.1. The second-order valence-electron chi connectivity index (χ2n) is 3.80. The van der Waals surface area contributed by atoms with Crippen molar-refractivity contribution in [3.05, 3.63) is 69.5 Å². The van der Waals surface area contributed by atoms with Crippen LogP contribution in [-0.2, 0) is 0 Å². The van der Waals surface area contributed by atoms with Crippen molar-refractivity contribution in [2.75, 3.05) is 0 Å². The largest absolute Gasteiger partial charge is 0.271 e. The van der Waals surface area contributed by atoms with E-state index in [1.165, 1.54) is 6.07 Å². The van der Waals surface area contributed by atoms with Crippen molar-refractivity contribution in [2.24, 2.45) is 5.84 Å². The highest BCUT2D eigenvalue weighted by Gasteiger charge is 2.18. The molecule has 0 aliphatic heterocycles. The molecule has 0 aliphatic carbocycles. The molecule has 0 spiro atoms. The zero-order valence-electron chi connectivity index (χ0n) is 9.33. The highest BCUT2D eigenvalue weighted by Crippen LogP contribution is 2.28. The minimum Gasteiger partial charge on any atom is -0.271 e. The molecule has 0 heterocycles. The molecule has 2 nitrogen and oxygen atoms in total. The van der Waals surface area contributed by atoms with E-state index >= 15 is 0 Å². The summed E-state index contributed by atoms with van der Waals surface area (Å²) in [6.45, 7) is 0. The van der Waals surface area contributed by atoms with Crippen LogP contribution in [0.4, 0.5) is 4.39 Å². The van der Waals surface area contributed by atoms with Gasteiger partial charge in [0, 0.05) is 10.6 Å². The van der Waals surface area contributed by atoms with Crippen LogP contribution in [0, 0.1) is 5.82 Å². The van der Waals surface area contributed by atoms with Gasteiger partial charge in [-0.1, -0.05) is 47.5 Å². The lowest BCUT2D eigenvalue weighted by Gasteiger charge is -2.18. The number of benzene rings is 2. The summed E-state index contributed by atoms with van der Waals surface area (Å²) in [6, 6.07) is 11.4. The number of rotatable bonds is 3. The predicted octanol–water partition coefficient (Wildman–Crippen LogP) is 3.69. The molecular weight excluding hydrogens is 274 g/mol. The van der Waals surface area contributed by atoms with E-state index in [1.807, 2.05) is 6.07 Å². The van der Waals surface area contributed by atoms with Crippen LogP contribution in [0.5, 0.6) is 0 Å². The quantitative estimate of drug-likeness (QED) is 0.666. The van der Waals surface area contributed by atoms with E-state index in [9.17, 15) is 4.39 Å². The molecule has 0 fully saturated rings. The van der Waals surface area contributed by atoms with Crippen molar-refractivity contribution in [3.8, 4) is 0 Å². The Labute approximate surface area is 114 Å². The van der Waals surface area contributed by atoms with E-state index in [0.29, 0.717) is 10.6 Å². The summed E-state index contributed by atoms with van der Waals surface area (Å²) in [7, 11) is 0. The summed E-state index contributed by atoms with van der Waals surface area (Å²) in [4.78, 5) is 0. The minimum absolute atomic E-state index is 0.0646. The Hall–Kier alpha value is -1.13. The van der Waals surface area contributed by atoms with Gasteiger partial charge in [0.15, 0.2) is 0 Å². The van der Waals surface area contributed by atoms with Crippen molar-refractivity contribution >= 4 is 23.2 Å². The highest BCUT2D eigenvalue weighted by molar-refractivity contribution is 6.31. The average Bonchev–Trinajstić information content (AvgIpc) is 2.35. The summed E-state index contributed by atoms with van der Waals surface area (Å²) in [5, 5.41) is 0.630. The van der Waals surface area contributed by atoms with Crippen molar-refractivity contribution in [1.82, 2.24) is 5.43 Å². The van der Waals surface area contributed by atoms with Crippen molar-refractivity contribution in [1.29, 1.82) is 0 Å². The third-order valence-corrected chi connectivity index (χ3v) is 3.17. The summed E-state index contributed by atoms with van der Waals surface area (Å²) in [5.41, 5.74) is 3.72. The first-order valence-electron chi connectivity index (χ1n) is 5.29. The van der Waals surface area contributed by atoms with Crippen molar-refractivity contribution in [3.63, 3.8) is 0 Å². The fraction of sp³-hybridized carbons (Fsp3) is 0.0769. The normalized spacial score (nSPS) is 12.4. The summed E-state index contributed by atoms with van der Waals surface area (Å²) >= 11 is 11.7. The van der Waals surface area contributed by atoms with Gasteiger partial charge in [-0.25, -0.2) is 9.82 Å². The van der Waals surface area contributed by atoms with E-state index in [-0.39, 0.29) is 5.02 Å². The Kier molecular flexibility index (Phi) is 4.19. The van der Waals surface area contributed by atoms with E-state index in [2.05, 4.69) is 5.43 Å². The molecule has 0 bridgehead atoms. The molecule has 0 aromatic heterocycles. The van der Waals surface area contributed by atoms with Crippen molar-refractivity contribution in [2.45, 2.75) is 6.04 Å².